The molecular formula is C10H17PSi. The van der Waals surface area contributed by atoms with Gasteiger partial charge in [0.05, 0.1) is 8.07 Å². The minimum absolute atomic E-state index is 0.511. The van der Waals surface area contributed by atoms with E-state index in [1.165, 1.54) is 10.9 Å². The molecule has 4 rings (SSSR count). The summed E-state index contributed by atoms with van der Waals surface area (Å²) in [5.74, 6) is 1.03. The van der Waals surface area contributed by atoms with Gasteiger partial charge in [-0.3, -0.25) is 0 Å². The van der Waals surface area contributed by atoms with Crippen molar-refractivity contribution in [2.24, 2.45) is 5.92 Å². The predicted molar refractivity (Wildman–Crippen MR) is 58.9 cm³/mol. The lowest BCUT2D eigenvalue weighted by Gasteiger charge is -2.34. The standard InChI is InChI=1S/C10H17PSi/c1-12(2,3)10-7-4-5-8-9(6-7)11(8)10/h4-5,7-10H,6H2,1-3H3/t7-,8+,9?,10-,11?/m0/s1. The first-order valence-electron chi connectivity index (χ1n) is 5.05. The summed E-state index contributed by atoms with van der Waals surface area (Å²) in [6.07, 6.45) is 6.67. The molecule has 0 saturated carbocycles. The third-order valence-corrected chi connectivity index (χ3v) is 12.3. The summed E-state index contributed by atoms with van der Waals surface area (Å²) < 4.78 is 0. The highest BCUT2D eigenvalue weighted by Gasteiger charge is 2.64. The van der Waals surface area contributed by atoms with Crippen molar-refractivity contribution in [1.29, 1.82) is 0 Å². The monoisotopic (exact) mass is 196 g/mol. The summed E-state index contributed by atoms with van der Waals surface area (Å²) in [7, 11) is -0.310. The summed E-state index contributed by atoms with van der Waals surface area (Å²) in [6, 6.07) is 0. The lowest BCUT2D eigenvalue weighted by Crippen LogP contribution is -2.40. The Morgan fingerprint density at radius 2 is 2.00 bits per heavy atom. The van der Waals surface area contributed by atoms with Crippen LogP contribution in [0.25, 0.3) is 0 Å². The fourth-order valence-corrected chi connectivity index (χ4v) is 12.9. The summed E-state index contributed by atoms with van der Waals surface area (Å²) >= 11 is 0. The molecule has 1 aliphatic carbocycles. The van der Waals surface area contributed by atoms with Crippen molar-refractivity contribution in [2.75, 3.05) is 0 Å². The molecule has 12 heavy (non-hydrogen) atoms. The highest BCUT2D eigenvalue weighted by molar-refractivity contribution is 7.71. The maximum atomic E-state index is 2.57. The maximum Gasteiger partial charge on any atom is 0.0527 e. The Balaban J connectivity index is 1.96. The molecule has 4 bridgehead atoms. The summed E-state index contributed by atoms with van der Waals surface area (Å²) in [6.45, 7) is 7.72. The second-order valence-corrected chi connectivity index (χ2v) is 14.2. The molecule has 0 amide bonds. The van der Waals surface area contributed by atoms with Crippen LogP contribution in [0.5, 0.6) is 0 Å². The average molecular weight is 196 g/mol. The Bertz CT molecular complexity index is 253. The zero-order valence-electron chi connectivity index (χ0n) is 8.12. The van der Waals surface area contributed by atoms with E-state index >= 15 is 0 Å². The van der Waals surface area contributed by atoms with E-state index in [2.05, 4.69) is 31.8 Å². The molecule has 0 spiro atoms. The molecule has 4 aliphatic rings. The summed E-state index contributed by atoms with van der Waals surface area (Å²) in [5, 5.41) is 1.20. The van der Waals surface area contributed by atoms with Gasteiger partial charge in [-0.25, -0.2) is 0 Å². The highest BCUT2D eigenvalue weighted by Crippen LogP contribution is 2.81. The van der Waals surface area contributed by atoms with Crippen LogP contribution in [0.2, 0.25) is 19.6 Å². The summed E-state index contributed by atoms with van der Waals surface area (Å²) in [4.78, 5) is 0. The van der Waals surface area contributed by atoms with Gasteiger partial charge in [0.25, 0.3) is 0 Å². The van der Waals surface area contributed by atoms with Crippen LogP contribution in [0.1, 0.15) is 6.42 Å². The van der Waals surface area contributed by atoms with Crippen LogP contribution in [0.15, 0.2) is 12.2 Å². The van der Waals surface area contributed by atoms with Crippen molar-refractivity contribution in [3.05, 3.63) is 12.2 Å². The maximum absolute atomic E-state index is 2.57. The first-order valence-corrected chi connectivity index (χ1v) is 10.2. The topological polar surface area (TPSA) is 0 Å². The molecule has 3 heterocycles. The van der Waals surface area contributed by atoms with Gasteiger partial charge in [0.15, 0.2) is 0 Å². The largest absolute Gasteiger partial charge is 0.0938 e. The Kier molecular flexibility index (Phi) is 1.34. The van der Waals surface area contributed by atoms with E-state index in [9.17, 15) is 0 Å². The zero-order valence-corrected chi connectivity index (χ0v) is 10.0. The van der Waals surface area contributed by atoms with Gasteiger partial charge in [-0.2, -0.15) is 0 Å². The molecule has 2 heteroatoms. The fraction of sp³-hybridized carbons (Fsp3) is 0.800. The third kappa shape index (κ3) is 0.821. The summed E-state index contributed by atoms with van der Waals surface area (Å²) in [5.41, 5.74) is 2.30. The van der Waals surface area contributed by atoms with E-state index < -0.39 is 8.07 Å². The van der Waals surface area contributed by atoms with Gasteiger partial charge in [-0.15, -0.1) is 0 Å². The van der Waals surface area contributed by atoms with E-state index in [0.29, 0.717) is 7.92 Å². The molecule has 5 atom stereocenters. The Hall–Kier alpha value is 0.387. The van der Waals surface area contributed by atoms with Crippen LogP contribution in [-0.4, -0.2) is 24.7 Å². The van der Waals surface area contributed by atoms with Gasteiger partial charge in [0.2, 0.25) is 0 Å². The zero-order chi connectivity index (χ0) is 8.51. The average Bonchev–Trinajstić information content (AvgIpc) is 2.55. The van der Waals surface area contributed by atoms with Gasteiger partial charge in [0, 0.05) is 5.66 Å². The smallest absolute Gasteiger partial charge is 0.0527 e. The normalized spacial score (nSPS) is 54.4. The van der Waals surface area contributed by atoms with Crippen molar-refractivity contribution in [1.82, 2.24) is 0 Å². The van der Waals surface area contributed by atoms with E-state index in [4.69, 9.17) is 0 Å². The van der Waals surface area contributed by atoms with Gasteiger partial charge in [-0.1, -0.05) is 39.7 Å². The van der Waals surface area contributed by atoms with Crippen molar-refractivity contribution in [3.63, 3.8) is 0 Å². The number of rotatable bonds is 1. The van der Waals surface area contributed by atoms with Crippen LogP contribution in [0.4, 0.5) is 0 Å². The molecule has 0 aromatic carbocycles. The van der Waals surface area contributed by atoms with E-state index in [1.807, 2.05) is 0 Å². The SMILES string of the molecule is C[Si](C)(C)[C@H]1[C@H]2C=C[C@@H]3C(C2)P31. The van der Waals surface area contributed by atoms with Gasteiger partial charge >= 0.3 is 0 Å². The van der Waals surface area contributed by atoms with Gasteiger partial charge in [0.1, 0.15) is 0 Å². The first kappa shape index (κ1) is 7.76. The van der Waals surface area contributed by atoms with E-state index in [0.717, 1.165) is 11.6 Å². The van der Waals surface area contributed by atoms with Crippen LogP contribution in [0.3, 0.4) is 0 Å². The van der Waals surface area contributed by atoms with Crippen LogP contribution in [-0.2, 0) is 0 Å². The molecular weight excluding hydrogens is 179 g/mol. The second kappa shape index (κ2) is 2.07. The van der Waals surface area contributed by atoms with Gasteiger partial charge in [-0.05, 0) is 23.3 Å². The predicted octanol–water partition coefficient (Wildman–Crippen LogP) is 3.05. The molecule has 0 N–H and O–H groups in total. The van der Waals surface area contributed by atoms with Crippen LogP contribution in [0, 0.1) is 5.92 Å². The first-order chi connectivity index (χ1) is 5.59. The number of hydrogen-bond acceptors (Lipinski definition) is 0. The Morgan fingerprint density at radius 1 is 1.25 bits per heavy atom. The van der Waals surface area contributed by atoms with Crippen molar-refractivity contribution in [2.45, 2.75) is 42.7 Å². The van der Waals surface area contributed by atoms with Gasteiger partial charge < -0.3 is 0 Å². The minimum Gasteiger partial charge on any atom is -0.0938 e. The second-order valence-electron chi connectivity index (χ2n) is 5.60. The fourth-order valence-electron chi connectivity index (χ4n) is 3.36. The van der Waals surface area contributed by atoms with Crippen LogP contribution < -0.4 is 0 Å². The van der Waals surface area contributed by atoms with E-state index in [-0.39, 0.29) is 0 Å². The lowest BCUT2D eigenvalue weighted by atomic mass is 9.98. The van der Waals surface area contributed by atoms with Crippen molar-refractivity contribution in [3.8, 4) is 0 Å². The van der Waals surface area contributed by atoms with Crippen LogP contribution >= 0.6 is 7.92 Å². The molecule has 2 saturated heterocycles. The minimum atomic E-state index is -0.822. The molecule has 66 valence electrons. The third-order valence-electron chi connectivity index (χ3n) is 3.71. The number of allylic oxidation sites excluding steroid dienone is 2. The molecule has 3 aliphatic heterocycles. The molecule has 2 unspecified atom stereocenters. The molecule has 0 radical (unpaired) electrons. The molecule has 0 aromatic rings. The van der Waals surface area contributed by atoms with Crippen molar-refractivity contribution >= 4 is 16.0 Å². The van der Waals surface area contributed by atoms with E-state index in [1.54, 1.807) is 6.42 Å². The Labute approximate surface area is 77.2 Å². The number of hydrogen-bond donors (Lipinski definition) is 0. The van der Waals surface area contributed by atoms with Crippen molar-refractivity contribution < 1.29 is 0 Å². The quantitative estimate of drug-likeness (QED) is 0.343. The molecule has 0 aromatic heterocycles. The highest BCUT2D eigenvalue weighted by atomic mass is 31.1. The Morgan fingerprint density at radius 3 is 2.33 bits per heavy atom. The lowest BCUT2D eigenvalue weighted by molar-refractivity contribution is 0.623. The molecule has 0 nitrogen and oxygen atoms in total. The molecule has 2 fully saturated rings.